The summed E-state index contributed by atoms with van der Waals surface area (Å²) in [6, 6.07) is 14.2. The predicted molar refractivity (Wildman–Crippen MR) is 96.8 cm³/mol. The monoisotopic (exact) mass is 365 g/mol. The van der Waals surface area contributed by atoms with E-state index in [0.717, 1.165) is 0 Å². The highest BCUT2D eigenvalue weighted by molar-refractivity contribution is 7.90. The molecule has 128 valence electrons. The first-order chi connectivity index (χ1) is 11.1. The largest absolute Gasteiger partial charge is 0.292 e. The lowest BCUT2D eigenvalue weighted by Crippen LogP contribution is -2.43. The zero-order valence-corrected chi connectivity index (χ0v) is 15.4. The molecule has 0 radical (unpaired) electrons. The molecule has 0 aromatic heterocycles. The van der Waals surface area contributed by atoms with Crippen molar-refractivity contribution in [2.75, 3.05) is 0 Å². The molecule has 2 rings (SSSR count). The molecule has 0 amide bonds. The molecule has 24 heavy (non-hydrogen) atoms. The maximum Gasteiger partial charge on any atom is 0.217 e. The van der Waals surface area contributed by atoms with Crippen LogP contribution in [0, 0.1) is 0 Å². The summed E-state index contributed by atoms with van der Waals surface area (Å²) < 4.78 is 26.6. The highest BCUT2D eigenvalue weighted by atomic mass is 35.5. The number of benzene rings is 2. The molecule has 0 bridgehead atoms. The van der Waals surface area contributed by atoms with Gasteiger partial charge in [0.05, 0.1) is 4.75 Å². The van der Waals surface area contributed by atoms with Crippen LogP contribution in [0.25, 0.3) is 0 Å². The van der Waals surface area contributed by atoms with E-state index in [4.69, 9.17) is 11.6 Å². The van der Waals surface area contributed by atoms with Gasteiger partial charge in [-0.25, -0.2) is 8.42 Å². The summed E-state index contributed by atoms with van der Waals surface area (Å²) in [6.45, 7) is 4.75. The predicted octanol–water partition coefficient (Wildman–Crippen LogP) is 3.98. The van der Waals surface area contributed by atoms with Gasteiger partial charge < -0.3 is 0 Å². The second-order valence-corrected chi connectivity index (χ2v) is 9.35. The van der Waals surface area contributed by atoms with Gasteiger partial charge in [0.1, 0.15) is 6.04 Å². The molecule has 0 fully saturated rings. The highest BCUT2D eigenvalue weighted by Gasteiger charge is 2.34. The first-order valence-corrected chi connectivity index (χ1v) is 9.34. The van der Waals surface area contributed by atoms with E-state index in [-0.39, 0.29) is 5.78 Å². The molecule has 0 spiro atoms. The Morgan fingerprint density at radius 3 is 2.04 bits per heavy atom. The SMILES string of the molecule is CC(C)(C)S(=O)(=O)N[C@H](C(=O)c1ccccc1)c1ccc(Cl)cc1. The van der Waals surface area contributed by atoms with Crippen molar-refractivity contribution in [2.24, 2.45) is 0 Å². The van der Waals surface area contributed by atoms with Crippen LogP contribution in [-0.2, 0) is 10.0 Å². The van der Waals surface area contributed by atoms with E-state index in [1.165, 1.54) is 0 Å². The average molecular weight is 366 g/mol. The van der Waals surface area contributed by atoms with Gasteiger partial charge in [-0.2, -0.15) is 4.72 Å². The Kier molecular flexibility index (Phi) is 5.48. The third kappa shape index (κ3) is 4.23. The molecule has 1 N–H and O–H groups in total. The van der Waals surface area contributed by atoms with E-state index >= 15 is 0 Å². The maximum atomic E-state index is 12.9. The van der Waals surface area contributed by atoms with Gasteiger partial charge in [0, 0.05) is 10.6 Å². The van der Waals surface area contributed by atoms with Crippen LogP contribution in [0.1, 0.15) is 42.7 Å². The van der Waals surface area contributed by atoms with Gasteiger partial charge in [0.15, 0.2) is 5.78 Å². The average Bonchev–Trinajstić information content (AvgIpc) is 2.53. The molecule has 2 aromatic carbocycles. The van der Waals surface area contributed by atoms with Crippen LogP contribution in [0.2, 0.25) is 5.02 Å². The minimum Gasteiger partial charge on any atom is -0.292 e. The third-order valence-electron chi connectivity index (χ3n) is 3.60. The first-order valence-electron chi connectivity index (χ1n) is 7.48. The summed E-state index contributed by atoms with van der Waals surface area (Å²) in [5.41, 5.74) is 0.982. The number of Topliss-reactive ketones (excluding diaryl/α,β-unsaturated/α-hetero) is 1. The standard InChI is InChI=1S/C18H20ClNO3S/c1-18(2,3)24(22,23)20-16(13-9-11-15(19)12-10-13)17(21)14-7-5-4-6-8-14/h4-12,16,20H,1-3H3/t16-/m0/s1. The number of sulfonamides is 1. The van der Waals surface area contributed by atoms with Crippen LogP contribution in [-0.4, -0.2) is 18.9 Å². The fourth-order valence-corrected chi connectivity index (χ4v) is 3.06. The van der Waals surface area contributed by atoms with Gasteiger partial charge >= 0.3 is 0 Å². The number of halogens is 1. The Balaban J connectivity index is 2.46. The van der Waals surface area contributed by atoms with E-state index in [0.29, 0.717) is 16.1 Å². The molecule has 4 nitrogen and oxygen atoms in total. The minimum absolute atomic E-state index is 0.314. The van der Waals surface area contributed by atoms with Crippen molar-refractivity contribution in [3.05, 3.63) is 70.7 Å². The zero-order chi connectivity index (χ0) is 18.0. The molecule has 2 aromatic rings. The van der Waals surface area contributed by atoms with Crippen LogP contribution in [0.15, 0.2) is 54.6 Å². The van der Waals surface area contributed by atoms with E-state index < -0.39 is 20.8 Å². The van der Waals surface area contributed by atoms with Crippen LogP contribution < -0.4 is 4.72 Å². The second-order valence-electron chi connectivity index (χ2n) is 6.45. The molecule has 6 heteroatoms. The van der Waals surface area contributed by atoms with Gasteiger partial charge in [0.2, 0.25) is 10.0 Å². The van der Waals surface area contributed by atoms with Crippen molar-refractivity contribution in [3.63, 3.8) is 0 Å². The topological polar surface area (TPSA) is 63.2 Å². The van der Waals surface area contributed by atoms with Crippen molar-refractivity contribution < 1.29 is 13.2 Å². The maximum absolute atomic E-state index is 12.9. The second kappa shape index (κ2) is 7.05. The van der Waals surface area contributed by atoms with Gasteiger partial charge in [0.25, 0.3) is 0 Å². The van der Waals surface area contributed by atoms with Crippen LogP contribution in [0.4, 0.5) is 0 Å². The molecule has 0 saturated heterocycles. The minimum atomic E-state index is -3.71. The number of rotatable bonds is 5. The lowest BCUT2D eigenvalue weighted by Gasteiger charge is -2.25. The molecule has 0 aliphatic carbocycles. The molecule has 0 heterocycles. The number of ketones is 1. The summed E-state index contributed by atoms with van der Waals surface area (Å²) >= 11 is 5.90. The van der Waals surface area contributed by atoms with Crippen LogP contribution in [0.5, 0.6) is 0 Å². The smallest absolute Gasteiger partial charge is 0.217 e. The number of carbonyl (C=O) groups is 1. The molecule has 0 unspecified atom stereocenters. The summed E-state index contributed by atoms with van der Waals surface area (Å²) in [5.74, 6) is -0.314. The van der Waals surface area contributed by atoms with E-state index in [1.807, 2.05) is 0 Å². The van der Waals surface area contributed by atoms with Crippen LogP contribution in [0.3, 0.4) is 0 Å². The number of carbonyl (C=O) groups excluding carboxylic acids is 1. The Morgan fingerprint density at radius 2 is 1.54 bits per heavy atom. The molecule has 0 aliphatic heterocycles. The fourth-order valence-electron chi connectivity index (χ4n) is 2.03. The van der Waals surface area contributed by atoms with Crippen LogP contribution >= 0.6 is 11.6 Å². The molecule has 0 aliphatic rings. The lowest BCUT2D eigenvalue weighted by molar-refractivity contribution is 0.0953. The molecular weight excluding hydrogens is 346 g/mol. The van der Waals surface area contributed by atoms with E-state index in [1.54, 1.807) is 75.4 Å². The zero-order valence-electron chi connectivity index (χ0n) is 13.8. The van der Waals surface area contributed by atoms with E-state index in [9.17, 15) is 13.2 Å². The fraction of sp³-hybridized carbons (Fsp3) is 0.278. The van der Waals surface area contributed by atoms with Gasteiger partial charge in [-0.05, 0) is 38.5 Å². The normalized spacial score (nSPS) is 13.5. The molecule has 1 atom stereocenters. The summed E-state index contributed by atoms with van der Waals surface area (Å²) in [5, 5.41) is 0.517. The quantitative estimate of drug-likeness (QED) is 0.815. The molecular formula is C18H20ClNO3S. The summed E-state index contributed by atoms with van der Waals surface area (Å²) in [6.07, 6.45) is 0. The van der Waals surface area contributed by atoms with Crippen molar-refractivity contribution >= 4 is 27.4 Å². The van der Waals surface area contributed by atoms with Crippen molar-refractivity contribution in [1.82, 2.24) is 4.72 Å². The van der Waals surface area contributed by atoms with Gasteiger partial charge in [-0.15, -0.1) is 0 Å². The molecule has 0 saturated carbocycles. The van der Waals surface area contributed by atoms with Crippen molar-refractivity contribution in [2.45, 2.75) is 31.6 Å². The number of hydrogen-bond acceptors (Lipinski definition) is 3. The number of nitrogens with one attached hydrogen (secondary N) is 1. The van der Waals surface area contributed by atoms with Crippen molar-refractivity contribution in [3.8, 4) is 0 Å². The Morgan fingerprint density at radius 1 is 1.00 bits per heavy atom. The number of hydrogen-bond donors (Lipinski definition) is 1. The highest BCUT2D eigenvalue weighted by Crippen LogP contribution is 2.24. The van der Waals surface area contributed by atoms with Gasteiger partial charge in [-0.3, -0.25) is 4.79 Å². The Labute approximate surface area is 147 Å². The van der Waals surface area contributed by atoms with Crippen molar-refractivity contribution in [1.29, 1.82) is 0 Å². The van der Waals surface area contributed by atoms with E-state index in [2.05, 4.69) is 4.72 Å². The third-order valence-corrected chi connectivity index (χ3v) is 6.01. The summed E-state index contributed by atoms with van der Waals surface area (Å²) in [4.78, 5) is 12.9. The van der Waals surface area contributed by atoms with Gasteiger partial charge in [-0.1, -0.05) is 54.1 Å². The Hall–Kier alpha value is -1.69. The lowest BCUT2D eigenvalue weighted by atomic mass is 9.98. The first kappa shape index (κ1) is 18.6. The Bertz CT molecular complexity index is 810. The summed E-state index contributed by atoms with van der Waals surface area (Å²) in [7, 11) is -3.71.